The smallest absolute Gasteiger partial charge is 0.414 e. The number of anilines is 2. The largest absolute Gasteiger partial charge is 0.467 e. The molecular weight excluding hydrogens is 557 g/mol. The molecule has 216 valence electrons. The Bertz CT molecular complexity index is 1760. The molecule has 3 aromatic heterocycles. The van der Waals surface area contributed by atoms with Crippen LogP contribution in [0.4, 0.5) is 29.5 Å². The van der Waals surface area contributed by atoms with E-state index in [0.29, 0.717) is 22.2 Å². The lowest BCUT2D eigenvalue weighted by atomic mass is 10.1. The van der Waals surface area contributed by atoms with Crippen molar-refractivity contribution in [3.8, 4) is 17.3 Å². The maximum absolute atomic E-state index is 14.1. The fourth-order valence-corrected chi connectivity index (χ4v) is 4.77. The van der Waals surface area contributed by atoms with Crippen LogP contribution < -0.4 is 20.1 Å². The molecule has 0 spiro atoms. The van der Waals surface area contributed by atoms with Gasteiger partial charge in [0.1, 0.15) is 12.4 Å². The summed E-state index contributed by atoms with van der Waals surface area (Å²) < 4.78 is 56.9. The number of allylic oxidation sites excluding steroid dienone is 2. The third-order valence-electron chi connectivity index (χ3n) is 6.83. The highest BCUT2D eigenvalue weighted by Crippen LogP contribution is 2.36. The number of hydrogen-bond donors (Lipinski definition) is 2. The number of nitrogens with one attached hydrogen (secondary N) is 1. The standard InChI is InChI=1S/C28H23F3N6O5/c1-14-8-24(41-22-5-3-2-4-17(22)29)33-13-21(14)37-26(32)16(12-34-37)25(38)19-9-15-10-23(42-27(30)31)20(11-18(15)35-19)36-6-7-40-28(36)39/h2-5,8-13,17,22,27,35H,6-7,32H2,1H3. The monoisotopic (exact) mass is 580 g/mol. The van der Waals surface area contributed by atoms with Crippen molar-refractivity contribution in [2.24, 2.45) is 0 Å². The molecule has 11 nitrogen and oxygen atoms in total. The minimum atomic E-state index is -3.13. The number of amides is 1. The number of hydrogen-bond acceptors (Lipinski definition) is 8. The molecule has 0 saturated carbocycles. The van der Waals surface area contributed by atoms with Gasteiger partial charge in [-0.25, -0.2) is 18.9 Å². The molecule has 14 heteroatoms. The summed E-state index contributed by atoms with van der Waals surface area (Å²) in [5.41, 5.74) is 8.11. The van der Waals surface area contributed by atoms with Gasteiger partial charge in [0, 0.05) is 17.0 Å². The minimum absolute atomic E-state index is 0.0311. The average molecular weight is 581 g/mol. The van der Waals surface area contributed by atoms with Crippen molar-refractivity contribution in [2.75, 3.05) is 23.8 Å². The van der Waals surface area contributed by atoms with E-state index in [0.717, 1.165) is 0 Å². The topological polar surface area (TPSA) is 138 Å². The highest BCUT2D eigenvalue weighted by atomic mass is 19.3. The molecule has 0 bridgehead atoms. The number of fused-ring (bicyclic) bond motifs is 1. The number of nitrogens with two attached hydrogens (primary N) is 1. The number of rotatable bonds is 8. The van der Waals surface area contributed by atoms with Crippen LogP contribution in [0.1, 0.15) is 21.6 Å². The number of H-pyrrole nitrogens is 1. The van der Waals surface area contributed by atoms with Crippen LogP contribution in [0.25, 0.3) is 16.6 Å². The highest BCUT2D eigenvalue weighted by Gasteiger charge is 2.29. The van der Waals surface area contributed by atoms with Gasteiger partial charge in [0.2, 0.25) is 11.7 Å². The van der Waals surface area contributed by atoms with Crippen molar-refractivity contribution < 1.29 is 37.0 Å². The predicted molar refractivity (Wildman–Crippen MR) is 145 cm³/mol. The number of pyridine rings is 1. The molecule has 1 aliphatic carbocycles. The SMILES string of the molecule is Cc1cc(OC2C=CC=CC2F)ncc1-n1ncc(C(=O)c2cc3cc(OC(F)F)c(N4CCOC4=O)cc3[nH]2)c1N. The van der Waals surface area contributed by atoms with Crippen LogP contribution in [0.3, 0.4) is 0 Å². The zero-order valence-electron chi connectivity index (χ0n) is 22.0. The third-order valence-corrected chi connectivity index (χ3v) is 6.83. The molecule has 2 unspecified atom stereocenters. The number of carbonyl (C=O) groups excluding carboxylic acids is 2. The van der Waals surface area contributed by atoms with Crippen LogP contribution in [0.15, 0.2) is 61.0 Å². The van der Waals surface area contributed by atoms with Gasteiger partial charge in [0.25, 0.3) is 0 Å². The molecule has 6 rings (SSSR count). The van der Waals surface area contributed by atoms with E-state index in [4.69, 9.17) is 15.2 Å². The lowest BCUT2D eigenvalue weighted by molar-refractivity contribution is -0.0494. The molecule has 2 atom stereocenters. The Hall–Kier alpha value is -5.27. The molecule has 2 aliphatic rings. The Morgan fingerprint density at radius 2 is 1.98 bits per heavy atom. The minimum Gasteiger partial charge on any atom is -0.467 e. The number of aryl methyl sites for hydroxylation is 1. The molecule has 3 N–H and O–H groups in total. The van der Waals surface area contributed by atoms with Gasteiger partial charge in [-0.05, 0) is 42.8 Å². The summed E-state index contributed by atoms with van der Waals surface area (Å²) in [5.74, 6) is -0.510. The zero-order valence-corrected chi connectivity index (χ0v) is 22.0. The highest BCUT2D eigenvalue weighted by molar-refractivity contribution is 6.13. The summed E-state index contributed by atoms with van der Waals surface area (Å²) in [6.07, 6.45) is 6.23. The summed E-state index contributed by atoms with van der Waals surface area (Å²) in [6.45, 7) is -1.12. The Balaban J connectivity index is 1.28. The van der Waals surface area contributed by atoms with Crippen LogP contribution >= 0.6 is 0 Å². The zero-order chi connectivity index (χ0) is 29.5. The number of ketones is 1. The first-order chi connectivity index (χ1) is 20.2. The Labute approximate surface area is 236 Å². The molecule has 1 aliphatic heterocycles. The molecule has 4 aromatic rings. The predicted octanol–water partition coefficient (Wildman–Crippen LogP) is 4.64. The van der Waals surface area contributed by atoms with Gasteiger partial charge in [-0.2, -0.15) is 13.9 Å². The number of nitrogen functional groups attached to an aromatic ring is 1. The number of aromatic nitrogens is 4. The second kappa shape index (κ2) is 10.6. The van der Waals surface area contributed by atoms with E-state index in [1.54, 1.807) is 31.2 Å². The molecule has 1 amide bonds. The molecule has 1 fully saturated rings. The Kier molecular flexibility index (Phi) is 6.80. The van der Waals surface area contributed by atoms with Gasteiger partial charge >= 0.3 is 12.7 Å². The number of carbonyl (C=O) groups is 2. The van der Waals surface area contributed by atoms with E-state index in [2.05, 4.69) is 19.8 Å². The first kappa shape index (κ1) is 26.9. The van der Waals surface area contributed by atoms with Crippen LogP contribution in [0.2, 0.25) is 0 Å². The van der Waals surface area contributed by atoms with Crippen molar-refractivity contribution in [3.05, 3.63) is 77.8 Å². The maximum atomic E-state index is 14.1. The summed E-state index contributed by atoms with van der Waals surface area (Å²) in [6, 6.07) is 5.82. The quantitative estimate of drug-likeness (QED) is 0.288. The third kappa shape index (κ3) is 4.91. The summed E-state index contributed by atoms with van der Waals surface area (Å²) in [5, 5.41) is 4.65. The first-order valence-electron chi connectivity index (χ1n) is 12.8. The van der Waals surface area contributed by atoms with Crippen molar-refractivity contribution in [2.45, 2.75) is 25.8 Å². The summed E-state index contributed by atoms with van der Waals surface area (Å²) >= 11 is 0. The molecule has 4 heterocycles. The molecule has 1 aromatic carbocycles. The number of halogens is 3. The van der Waals surface area contributed by atoms with Gasteiger partial charge in [-0.3, -0.25) is 9.69 Å². The summed E-state index contributed by atoms with van der Waals surface area (Å²) in [7, 11) is 0. The van der Waals surface area contributed by atoms with Crippen LogP contribution in [-0.2, 0) is 4.74 Å². The molecule has 0 radical (unpaired) electrons. The molecule has 1 saturated heterocycles. The van der Waals surface area contributed by atoms with Crippen molar-refractivity contribution in [3.63, 3.8) is 0 Å². The maximum Gasteiger partial charge on any atom is 0.414 e. The lowest BCUT2D eigenvalue weighted by Gasteiger charge is -2.19. The van der Waals surface area contributed by atoms with E-state index in [1.807, 2.05) is 0 Å². The van der Waals surface area contributed by atoms with Crippen LogP contribution in [-0.4, -0.2) is 63.7 Å². The fraction of sp³-hybridized carbons (Fsp3) is 0.214. The second-order valence-electron chi connectivity index (χ2n) is 9.52. The average Bonchev–Trinajstić information content (AvgIpc) is 3.67. The number of aromatic amines is 1. The molecular formula is C28H23F3N6O5. The van der Waals surface area contributed by atoms with Crippen LogP contribution in [0, 0.1) is 6.92 Å². The number of benzene rings is 1. The van der Waals surface area contributed by atoms with E-state index in [9.17, 15) is 22.8 Å². The first-order valence-corrected chi connectivity index (χ1v) is 12.8. The number of nitrogens with zero attached hydrogens (tertiary/aromatic N) is 4. The number of alkyl halides is 3. The Morgan fingerprint density at radius 1 is 1.17 bits per heavy atom. The second-order valence-corrected chi connectivity index (χ2v) is 9.52. The van der Waals surface area contributed by atoms with Gasteiger partial charge < -0.3 is 24.9 Å². The van der Waals surface area contributed by atoms with Gasteiger partial charge in [0.05, 0.1) is 41.6 Å². The Morgan fingerprint density at radius 3 is 2.69 bits per heavy atom. The lowest BCUT2D eigenvalue weighted by Crippen LogP contribution is -2.26. The van der Waals surface area contributed by atoms with Gasteiger partial charge in [-0.15, -0.1) is 0 Å². The van der Waals surface area contributed by atoms with E-state index in [-0.39, 0.29) is 47.5 Å². The van der Waals surface area contributed by atoms with Crippen molar-refractivity contribution >= 4 is 34.3 Å². The van der Waals surface area contributed by atoms with Gasteiger partial charge in [-0.1, -0.05) is 12.2 Å². The van der Waals surface area contributed by atoms with Crippen molar-refractivity contribution in [1.29, 1.82) is 0 Å². The number of cyclic esters (lactones) is 1. The van der Waals surface area contributed by atoms with E-state index < -0.39 is 30.8 Å². The summed E-state index contributed by atoms with van der Waals surface area (Å²) in [4.78, 5) is 33.9. The molecule has 42 heavy (non-hydrogen) atoms. The normalized spacial score (nSPS) is 18.2. The van der Waals surface area contributed by atoms with Gasteiger partial charge in [0.15, 0.2) is 18.0 Å². The van der Waals surface area contributed by atoms with E-state index >= 15 is 0 Å². The van der Waals surface area contributed by atoms with Crippen LogP contribution in [0.5, 0.6) is 11.6 Å². The van der Waals surface area contributed by atoms with Crippen molar-refractivity contribution in [1.82, 2.24) is 19.7 Å². The number of ether oxygens (including phenoxy) is 3. The van der Waals surface area contributed by atoms with E-state index in [1.165, 1.54) is 46.3 Å². The fourth-order valence-electron chi connectivity index (χ4n) is 4.77.